The third kappa shape index (κ3) is 4.30. The van der Waals surface area contributed by atoms with Crippen LogP contribution in [0.25, 0.3) is 0 Å². The van der Waals surface area contributed by atoms with E-state index >= 15 is 0 Å². The Kier molecular flexibility index (Phi) is 5.51. The van der Waals surface area contributed by atoms with Crippen molar-refractivity contribution in [3.8, 4) is 23.3 Å². The molecule has 0 saturated heterocycles. The fourth-order valence-corrected chi connectivity index (χ4v) is 3.16. The summed E-state index contributed by atoms with van der Waals surface area (Å²) in [5.74, 6) is 7.87. The van der Waals surface area contributed by atoms with E-state index in [4.69, 9.17) is 9.47 Å². The highest BCUT2D eigenvalue weighted by Crippen LogP contribution is 2.34. The van der Waals surface area contributed by atoms with Crippen LogP contribution in [0.4, 0.5) is 0 Å². The van der Waals surface area contributed by atoms with Crippen LogP contribution in [0.2, 0.25) is 0 Å². The van der Waals surface area contributed by atoms with Crippen molar-refractivity contribution in [1.29, 1.82) is 0 Å². The molecule has 28 heavy (non-hydrogen) atoms. The SMILES string of the molecule is COc1cccc2c1OC[C@H](NCc1ccc(C#Cc3cncnc3)cc1)C2. The van der Waals surface area contributed by atoms with Gasteiger partial charge >= 0.3 is 0 Å². The third-order valence-corrected chi connectivity index (χ3v) is 4.64. The predicted octanol–water partition coefficient (Wildman–Crippen LogP) is 2.98. The van der Waals surface area contributed by atoms with Crippen molar-refractivity contribution in [1.82, 2.24) is 15.3 Å². The summed E-state index contributed by atoms with van der Waals surface area (Å²) in [7, 11) is 1.67. The lowest BCUT2D eigenvalue weighted by molar-refractivity contribution is 0.226. The van der Waals surface area contributed by atoms with Crippen LogP contribution in [0.1, 0.15) is 22.3 Å². The number of aromatic nitrogens is 2. The molecule has 4 rings (SSSR count). The van der Waals surface area contributed by atoms with Crippen LogP contribution in [0, 0.1) is 11.8 Å². The van der Waals surface area contributed by atoms with Crippen LogP contribution in [-0.2, 0) is 13.0 Å². The van der Waals surface area contributed by atoms with Crippen LogP contribution in [0.3, 0.4) is 0 Å². The number of hydrogen-bond acceptors (Lipinski definition) is 5. The highest BCUT2D eigenvalue weighted by Gasteiger charge is 2.22. The van der Waals surface area contributed by atoms with E-state index < -0.39 is 0 Å². The van der Waals surface area contributed by atoms with Crippen molar-refractivity contribution in [2.75, 3.05) is 13.7 Å². The summed E-state index contributed by atoms with van der Waals surface area (Å²) < 4.78 is 11.3. The molecule has 0 unspecified atom stereocenters. The van der Waals surface area contributed by atoms with E-state index in [2.05, 4.69) is 45.3 Å². The molecule has 0 spiro atoms. The Hall–Kier alpha value is -3.36. The molecule has 1 atom stereocenters. The zero-order valence-corrected chi connectivity index (χ0v) is 15.7. The third-order valence-electron chi connectivity index (χ3n) is 4.64. The highest BCUT2D eigenvalue weighted by molar-refractivity contribution is 5.48. The molecule has 2 aromatic carbocycles. The minimum atomic E-state index is 0.275. The first-order valence-electron chi connectivity index (χ1n) is 9.20. The van der Waals surface area contributed by atoms with Gasteiger partial charge in [-0.1, -0.05) is 36.1 Å². The molecule has 0 bridgehead atoms. The number of ether oxygens (including phenoxy) is 2. The zero-order chi connectivity index (χ0) is 19.2. The Bertz CT molecular complexity index is 992. The average Bonchev–Trinajstić information content (AvgIpc) is 2.77. The molecular formula is C23H21N3O2. The molecule has 140 valence electrons. The van der Waals surface area contributed by atoms with Gasteiger partial charge in [0.05, 0.1) is 12.7 Å². The second kappa shape index (κ2) is 8.55. The van der Waals surface area contributed by atoms with Gasteiger partial charge in [-0.15, -0.1) is 0 Å². The molecule has 0 saturated carbocycles. The van der Waals surface area contributed by atoms with Gasteiger partial charge in [-0.3, -0.25) is 0 Å². The Balaban J connectivity index is 1.34. The second-order valence-electron chi connectivity index (χ2n) is 6.62. The van der Waals surface area contributed by atoms with E-state index in [1.807, 2.05) is 24.3 Å². The van der Waals surface area contributed by atoms with Crippen molar-refractivity contribution in [3.05, 3.63) is 83.4 Å². The molecule has 0 amide bonds. The van der Waals surface area contributed by atoms with Crippen LogP contribution in [-0.4, -0.2) is 29.7 Å². The van der Waals surface area contributed by atoms with Crippen LogP contribution >= 0.6 is 0 Å². The van der Waals surface area contributed by atoms with Gasteiger partial charge in [0.1, 0.15) is 12.9 Å². The average molecular weight is 371 g/mol. The van der Waals surface area contributed by atoms with Crippen molar-refractivity contribution in [2.45, 2.75) is 19.0 Å². The summed E-state index contributed by atoms with van der Waals surface area (Å²) in [6.07, 6.45) is 5.84. The topological polar surface area (TPSA) is 56.3 Å². The van der Waals surface area contributed by atoms with Crippen LogP contribution in [0.15, 0.2) is 61.2 Å². The van der Waals surface area contributed by atoms with E-state index in [0.29, 0.717) is 6.61 Å². The minimum Gasteiger partial charge on any atom is -0.493 e. The second-order valence-corrected chi connectivity index (χ2v) is 6.62. The van der Waals surface area contributed by atoms with Crippen LogP contribution < -0.4 is 14.8 Å². The summed E-state index contributed by atoms with van der Waals surface area (Å²) in [4.78, 5) is 7.93. The molecule has 1 aliphatic heterocycles. The molecule has 1 aliphatic rings. The van der Waals surface area contributed by atoms with E-state index in [1.165, 1.54) is 17.5 Å². The lowest BCUT2D eigenvalue weighted by atomic mass is 10.0. The fraction of sp³-hybridized carbons (Fsp3) is 0.217. The van der Waals surface area contributed by atoms with Crippen molar-refractivity contribution in [2.24, 2.45) is 0 Å². The fourth-order valence-electron chi connectivity index (χ4n) is 3.16. The quantitative estimate of drug-likeness (QED) is 0.715. The van der Waals surface area contributed by atoms with Gasteiger partial charge in [-0.05, 0) is 35.7 Å². The normalized spacial score (nSPS) is 15.0. The van der Waals surface area contributed by atoms with Gasteiger partial charge < -0.3 is 14.8 Å². The number of fused-ring (bicyclic) bond motifs is 1. The van der Waals surface area contributed by atoms with Gasteiger partial charge in [0, 0.05) is 30.5 Å². The molecule has 1 N–H and O–H groups in total. The Labute approximate surface area is 164 Å². The molecule has 0 radical (unpaired) electrons. The maximum Gasteiger partial charge on any atom is 0.164 e. The molecule has 0 fully saturated rings. The molecule has 5 heteroatoms. The zero-order valence-electron chi connectivity index (χ0n) is 15.7. The van der Waals surface area contributed by atoms with Gasteiger partial charge in [-0.2, -0.15) is 0 Å². The summed E-state index contributed by atoms with van der Waals surface area (Å²) >= 11 is 0. The Morgan fingerprint density at radius 3 is 2.64 bits per heavy atom. The maximum atomic E-state index is 5.92. The van der Waals surface area contributed by atoms with Gasteiger partial charge in [0.25, 0.3) is 0 Å². The monoisotopic (exact) mass is 371 g/mol. The number of hydrogen-bond donors (Lipinski definition) is 1. The highest BCUT2D eigenvalue weighted by atomic mass is 16.5. The van der Waals surface area contributed by atoms with E-state index in [9.17, 15) is 0 Å². The molecule has 3 aromatic rings. The van der Waals surface area contributed by atoms with Crippen molar-refractivity contribution in [3.63, 3.8) is 0 Å². The number of nitrogens with zero attached hydrogens (tertiary/aromatic N) is 2. The minimum absolute atomic E-state index is 0.275. The van der Waals surface area contributed by atoms with E-state index in [0.717, 1.165) is 35.6 Å². The summed E-state index contributed by atoms with van der Waals surface area (Å²) in [6, 6.07) is 14.6. The Morgan fingerprint density at radius 1 is 1.07 bits per heavy atom. The van der Waals surface area contributed by atoms with Gasteiger partial charge in [0.15, 0.2) is 11.5 Å². The summed E-state index contributed by atoms with van der Waals surface area (Å²) in [6.45, 7) is 1.42. The standard InChI is InChI=1S/C23H21N3O2/c1-27-22-4-2-3-20-11-21(15-28-23(20)22)26-14-18-8-5-17(6-9-18)7-10-19-12-24-16-25-13-19/h2-6,8-9,12-13,16,21,26H,11,14-15H2,1H3/t21-/m1/s1. The van der Waals surface area contributed by atoms with Gasteiger partial charge in [0.2, 0.25) is 0 Å². The first-order chi connectivity index (χ1) is 13.8. The van der Waals surface area contributed by atoms with Crippen molar-refractivity contribution < 1.29 is 9.47 Å². The van der Waals surface area contributed by atoms with Crippen LogP contribution in [0.5, 0.6) is 11.5 Å². The molecule has 1 aromatic heterocycles. The van der Waals surface area contributed by atoms with E-state index in [1.54, 1.807) is 19.5 Å². The maximum absolute atomic E-state index is 5.92. The first-order valence-corrected chi connectivity index (χ1v) is 9.20. The number of nitrogens with one attached hydrogen (secondary N) is 1. The predicted molar refractivity (Wildman–Crippen MR) is 107 cm³/mol. The lowest BCUT2D eigenvalue weighted by Gasteiger charge is -2.27. The summed E-state index contributed by atoms with van der Waals surface area (Å²) in [5.41, 5.74) is 4.17. The van der Waals surface area contributed by atoms with Crippen molar-refractivity contribution >= 4 is 0 Å². The largest absolute Gasteiger partial charge is 0.493 e. The smallest absolute Gasteiger partial charge is 0.164 e. The number of benzene rings is 2. The lowest BCUT2D eigenvalue weighted by Crippen LogP contribution is -2.38. The Morgan fingerprint density at radius 2 is 1.86 bits per heavy atom. The number of methoxy groups -OCH3 is 1. The number of para-hydroxylation sites is 1. The molecule has 2 heterocycles. The number of rotatable bonds is 4. The molecule has 5 nitrogen and oxygen atoms in total. The molecular weight excluding hydrogens is 350 g/mol. The first kappa shape index (κ1) is 18.0. The molecule has 0 aliphatic carbocycles. The summed E-state index contributed by atoms with van der Waals surface area (Å²) in [5, 5.41) is 3.58. The van der Waals surface area contributed by atoms with E-state index in [-0.39, 0.29) is 6.04 Å². The van der Waals surface area contributed by atoms with Gasteiger partial charge in [-0.25, -0.2) is 9.97 Å².